The Labute approximate surface area is 145 Å². The fraction of sp³-hybridized carbons (Fsp3) is 0.211. The summed E-state index contributed by atoms with van der Waals surface area (Å²) in [5.41, 5.74) is 1.84. The van der Waals surface area contributed by atoms with E-state index in [1.807, 2.05) is 26.0 Å². The van der Waals surface area contributed by atoms with Gasteiger partial charge in [0.1, 0.15) is 17.5 Å². The Balaban J connectivity index is 1.93. The molecule has 4 nitrogen and oxygen atoms in total. The van der Waals surface area contributed by atoms with Gasteiger partial charge in [0.2, 0.25) is 0 Å². The van der Waals surface area contributed by atoms with E-state index in [0.29, 0.717) is 18.1 Å². The average Bonchev–Trinajstić information content (AvgIpc) is 2.62. The molecule has 3 rings (SSSR count). The van der Waals surface area contributed by atoms with E-state index in [2.05, 4.69) is 20.3 Å². The lowest BCUT2D eigenvalue weighted by molar-refractivity contribution is 0.566. The van der Waals surface area contributed by atoms with Gasteiger partial charge in [0.15, 0.2) is 5.82 Å². The van der Waals surface area contributed by atoms with Crippen molar-refractivity contribution in [3.8, 4) is 11.4 Å². The molecule has 6 heteroatoms. The zero-order chi connectivity index (χ0) is 17.8. The summed E-state index contributed by atoms with van der Waals surface area (Å²) in [7, 11) is 0. The molecule has 1 aromatic carbocycles. The van der Waals surface area contributed by atoms with Crippen LogP contribution in [0.2, 0.25) is 0 Å². The third-order valence-electron chi connectivity index (χ3n) is 3.84. The summed E-state index contributed by atoms with van der Waals surface area (Å²) >= 11 is 0. The largest absolute Gasteiger partial charge is 0.363 e. The van der Waals surface area contributed by atoms with Gasteiger partial charge in [0.25, 0.3) is 0 Å². The zero-order valence-corrected chi connectivity index (χ0v) is 14.0. The lowest BCUT2D eigenvalue weighted by Crippen LogP contribution is -2.13. The topological polar surface area (TPSA) is 50.7 Å². The monoisotopic (exact) mass is 340 g/mol. The molecule has 0 radical (unpaired) electrons. The van der Waals surface area contributed by atoms with Gasteiger partial charge in [-0.05, 0) is 43.7 Å². The molecular formula is C19H18F2N4. The minimum absolute atomic E-state index is 0.279. The Morgan fingerprint density at radius 2 is 1.96 bits per heavy atom. The maximum absolute atomic E-state index is 14.1. The maximum atomic E-state index is 14.1. The van der Waals surface area contributed by atoms with E-state index in [1.165, 1.54) is 6.07 Å². The van der Waals surface area contributed by atoms with Gasteiger partial charge in [-0.25, -0.2) is 18.7 Å². The van der Waals surface area contributed by atoms with Crippen molar-refractivity contribution >= 4 is 5.82 Å². The molecule has 1 atom stereocenters. The molecule has 0 aliphatic rings. The van der Waals surface area contributed by atoms with E-state index >= 15 is 0 Å². The number of rotatable bonds is 5. The fourth-order valence-corrected chi connectivity index (χ4v) is 2.63. The number of nitrogens with zero attached hydrogens (tertiary/aromatic N) is 3. The van der Waals surface area contributed by atoms with E-state index in [9.17, 15) is 8.78 Å². The van der Waals surface area contributed by atoms with Gasteiger partial charge in [0.05, 0.1) is 6.04 Å². The Hall–Kier alpha value is -2.89. The molecule has 0 bridgehead atoms. The third-order valence-corrected chi connectivity index (χ3v) is 3.84. The summed E-state index contributed by atoms with van der Waals surface area (Å²) in [4.78, 5) is 13.0. The highest BCUT2D eigenvalue weighted by Gasteiger charge is 2.16. The molecule has 3 aromatic rings. The first-order valence-corrected chi connectivity index (χ1v) is 8.04. The Morgan fingerprint density at radius 3 is 2.68 bits per heavy atom. The van der Waals surface area contributed by atoms with Crippen LogP contribution in [-0.4, -0.2) is 15.0 Å². The van der Waals surface area contributed by atoms with E-state index in [4.69, 9.17) is 0 Å². The molecule has 0 amide bonds. The molecule has 2 heterocycles. The molecule has 0 saturated carbocycles. The molecule has 128 valence electrons. The van der Waals surface area contributed by atoms with Crippen molar-refractivity contribution in [3.05, 3.63) is 71.7 Å². The van der Waals surface area contributed by atoms with Crippen molar-refractivity contribution in [3.63, 3.8) is 0 Å². The zero-order valence-electron chi connectivity index (χ0n) is 14.0. The maximum Gasteiger partial charge on any atom is 0.163 e. The number of hydrogen-bond acceptors (Lipinski definition) is 4. The van der Waals surface area contributed by atoms with Crippen LogP contribution in [-0.2, 0) is 0 Å². The fourth-order valence-electron chi connectivity index (χ4n) is 2.63. The van der Waals surface area contributed by atoms with Gasteiger partial charge in [-0.15, -0.1) is 0 Å². The number of pyridine rings is 1. The second kappa shape index (κ2) is 7.34. The Morgan fingerprint density at radius 1 is 1.12 bits per heavy atom. The smallest absolute Gasteiger partial charge is 0.163 e. The van der Waals surface area contributed by atoms with Crippen LogP contribution in [0, 0.1) is 18.6 Å². The number of nitrogens with one attached hydrogen (secondary N) is 1. The van der Waals surface area contributed by atoms with Crippen molar-refractivity contribution in [1.82, 2.24) is 15.0 Å². The van der Waals surface area contributed by atoms with Crippen LogP contribution in [0.5, 0.6) is 0 Å². The van der Waals surface area contributed by atoms with Crippen LogP contribution in [0.4, 0.5) is 14.6 Å². The van der Waals surface area contributed by atoms with E-state index in [1.54, 1.807) is 18.5 Å². The molecule has 2 aromatic heterocycles. The van der Waals surface area contributed by atoms with E-state index < -0.39 is 17.7 Å². The summed E-state index contributed by atoms with van der Waals surface area (Å²) in [6.07, 6.45) is 3.94. The first-order valence-electron chi connectivity index (χ1n) is 8.04. The molecule has 1 unspecified atom stereocenters. The highest BCUT2D eigenvalue weighted by Crippen LogP contribution is 2.26. The van der Waals surface area contributed by atoms with Crippen molar-refractivity contribution < 1.29 is 8.78 Å². The Kier molecular flexibility index (Phi) is 4.97. The summed E-state index contributed by atoms with van der Waals surface area (Å²) in [6.45, 7) is 3.76. The number of aryl methyl sites for hydroxylation is 1. The molecule has 0 saturated heterocycles. The van der Waals surface area contributed by atoms with Gasteiger partial charge in [-0.3, -0.25) is 4.98 Å². The summed E-state index contributed by atoms with van der Waals surface area (Å²) < 4.78 is 27.6. The standard InChI is InChI=1S/C19H18F2N4/c1-3-17(15-10-14(20)6-7-16(15)21)24-18-9-12(2)23-19(25-18)13-5-4-8-22-11-13/h4-11,17H,3H2,1-2H3,(H,23,24,25). The van der Waals surface area contributed by atoms with Gasteiger partial charge in [-0.2, -0.15) is 0 Å². The lowest BCUT2D eigenvalue weighted by Gasteiger charge is -2.19. The normalized spacial score (nSPS) is 12.0. The second-order valence-electron chi connectivity index (χ2n) is 5.73. The quantitative estimate of drug-likeness (QED) is 0.732. The van der Waals surface area contributed by atoms with E-state index in [-0.39, 0.29) is 5.56 Å². The average molecular weight is 340 g/mol. The highest BCUT2D eigenvalue weighted by molar-refractivity contribution is 5.56. The highest BCUT2D eigenvalue weighted by atomic mass is 19.1. The van der Waals surface area contributed by atoms with Crippen molar-refractivity contribution in [2.45, 2.75) is 26.3 Å². The minimum Gasteiger partial charge on any atom is -0.363 e. The van der Waals surface area contributed by atoms with Gasteiger partial charge >= 0.3 is 0 Å². The summed E-state index contributed by atoms with van der Waals surface area (Å²) in [6, 6.07) is 8.53. The second-order valence-corrected chi connectivity index (χ2v) is 5.73. The Bertz CT molecular complexity index is 869. The number of anilines is 1. The van der Waals surface area contributed by atoms with Crippen molar-refractivity contribution in [1.29, 1.82) is 0 Å². The van der Waals surface area contributed by atoms with Crippen molar-refractivity contribution in [2.75, 3.05) is 5.32 Å². The first-order chi connectivity index (χ1) is 12.1. The first kappa shape index (κ1) is 17.0. The predicted molar refractivity (Wildman–Crippen MR) is 93.0 cm³/mol. The molecule has 0 fully saturated rings. The molecule has 0 aliphatic carbocycles. The van der Waals surface area contributed by atoms with Crippen LogP contribution >= 0.6 is 0 Å². The molecule has 0 spiro atoms. The molecule has 1 N–H and O–H groups in total. The SMILES string of the molecule is CCC(Nc1cc(C)nc(-c2cccnc2)n1)c1cc(F)ccc1F. The lowest BCUT2D eigenvalue weighted by atomic mass is 10.0. The van der Waals surface area contributed by atoms with Crippen LogP contribution in [0.15, 0.2) is 48.8 Å². The number of benzene rings is 1. The molecular weight excluding hydrogens is 322 g/mol. The van der Waals surface area contributed by atoms with Crippen LogP contribution in [0.3, 0.4) is 0 Å². The van der Waals surface area contributed by atoms with Gasteiger partial charge in [0, 0.05) is 35.3 Å². The predicted octanol–water partition coefficient (Wildman–Crippen LogP) is 4.69. The minimum atomic E-state index is -0.466. The van der Waals surface area contributed by atoms with Gasteiger partial charge in [-0.1, -0.05) is 6.92 Å². The van der Waals surface area contributed by atoms with Crippen molar-refractivity contribution in [2.24, 2.45) is 0 Å². The number of halogens is 2. The molecule has 25 heavy (non-hydrogen) atoms. The number of aromatic nitrogens is 3. The summed E-state index contributed by atoms with van der Waals surface area (Å²) in [5.74, 6) is 0.178. The third kappa shape index (κ3) is 3.96. The van der Waals surface area contributed by atoms with Crippen LogP contribution < -0.4 is 5.32 Å². The van der Waals surface area contributed by atoms with Crippen LogP contribution in [0.25, 0.3) is 11.4 Å². The van der Waals surface area contributed by atoms with Crippen LogP contribution in [0.1, 0.15) is 30.6 Å². The van der Waals surface area contributed by atoms with E-state index in [0.717, 1.165) is 23.4 Å². The molecule has 0 aliphatic heterocycles. The number of hydrogen-bond donors (Lipinski definition) is 1. The van der Waals surface area contributed by atoms with Gasteiger partial charge < -0.3 is 5.32 Å². The summed E-state index contributed by atoms with van der Waals surface area (Å²) in [5, 5.41) is 3.19.